The number of hydrogen-bond donors (Lipinski definition) is 1. The van der Waals surface area contributed by atoms with Crippen LogP contribution in [0.4, 0.5) is 5.82 Å². The van der Waals surface area contributed by atoms with E-state index in [-0.39, 0.29) is 6.10 Å². The second-order valence-corrected chi connectivity index (χ2v) is 6.43. The first-order chi connectivity index (χ1) is 10.2. The van der Waals surface area contributed by atoms with Crippen molar-refractivity contribution in [2.75, 3.05) is 18.1 Å². The smallest absolute Gasteiger partial charge is 0.129 e. The molecular formula is C17H27N3O. The minimum atomic E-state index is 0.283. The van der Waals surface area contributed by atoms with Crippen molar-refractivity contribution in [1.29, 1.82) is 0 Å². The highest BCUT2D eigenvalue weighted by Crippen LogP contribution is 2.24. The summed E-state index contributed by atoms with van der Waals surface area (Å²) in [4.78, 5) is 7.27. The number of nitrogens with zero attached hydrogens (tertiary/aromatic N) is 2. The van der Waals surface area contributed by atoms with Crippen molar-refractivity contribution in [1.82, 2.24) is 10.3 Å². The Kier molecular flexibility index (Phi) is 4.45. The van der Waals surface area contributed by atoms with Gasteiger partial charge in [0.05, 0.1) is 18.8 Å². The fraction of sp³-hybridized carbons (Fsp3) is 0.706. The zero-order valence-corrected chi connectivity index (χ0v) is 13.4. The summed E-state index contributed by atoms with van der Waals surface area (Å²) in [6.07, 6.45) is 4.03. The van der Waals surface area contributed by atoms with Crippen LogP contribution in [0.25, 0.3) is 0 Å². The summed E-state index contributed by atoms with van der Waals surface area (Å²) >= 11 is 0. The SMILES string of the molecule is CCC1COC(C)CN1c1ccc(CNC2CC2)c(C)n1. The molecular weight excluding hydrogens is 262 g/mol. The van der Waals surface area contributed by atoms with Gasteiger partial charge in [0.2, 0.25) is 0 Å². The molecule has 4 nitrogen and oxygen atoms in total. The third-order valence-corrected chi connectivity index (χ3v) is 4.57. The first-order valence-electron chi connectivity index (χ1n) is 8.25. The van der Waals surface area contributed by atoms with Gasteiger partial charge in [0.15, 0.2) is 0 Å². The number of anilines is 1. The number of hydrogen-bond acceptors (Lipinski definition) is 4. The molecule has 0 amide bonds. The second kappa shape index (κ2) is 6.32. The summed E-state index contributed by atoms with van der Waals surface area (Å²) in [6.45, 7) is 9.17. The van der Waals surface area contributed by atoms with E-state index in [9.17, 15) is 0 Å². The Hall–Kier alpha value is -1.13. The van der Waals surface area contributed by atoms with Crippen molar-refractivity contribution in [3.63, 3.8) is 0 Å². The van der Waals surface area contributed by atoms with Crippen LogP contribution in [0.5, 0.6) is 0 Å². The molecule has 2 atom stereocenters. The molecule has 0 aromatic carbocycles. The molecule has 0 radical (unpaired) electrons. The third-order valence-electron chi connectivity index (χ3n) is 4.57. The Labute approximate surface area is 127 Å². The van der Waals surface area contributed by atoms with Crippen LogP contribution < -0.4 is 10.2 Å². The van der Waals surface area contributed by atoms with Gasteiger partial charge in [-0.2, -0.15) is 0 Å². The standard InChI is InChI=1S/C17H27N3O/c1-4-16-11-21-12(2)10-20(16)17-8-5-14(13(3)19-17)9-18-15-6-7-15/h5,8,12,15-16,18H,4,6-7,9-11H2,1-3H3. The highest BCUT2D eigenvalue weighted by Gasteiger charge is 2.27. The van der Waals surface area contributed by atoms with Crippen LogP contribution >= 0.6 is 0 Å². The van der Waals surface area contributed by atoms with E-state index in [0.717, 1.165) is 43.7 Å². The van der Waals surface area contributed by atoms with E-state index in [4.69, 9.17) is 9.72 Å². The van der Waals surface area contributed by atoms with Crippen LogP contribution in [0.3, 0.4) is 0 Å². The fourth-order valence-corrected chi connectivity index (χ4v) is 2.93. The predicted octanol–water partition coefficient (Wildman–Crippen LogP) is 2.65. The Bertz CT molecular complexity index is 487. The number of aryl methyl sites for hydroxylation is 1. The van der Waals surface area contributed by atoms with Crippen LogP contribution in [0, 0.1) is 6.92 Å². The van der Waals surface area contributed by atoms with Gasteiger partial charge in [-0.15, -0.1) is 0 Å². The minimum absolute atomic E-state index is 0.283. The van der Waals surface area contributed by atoms with Gasteiger partial charge in [0.1, 0.15) is 5.82 Å². The van der Waals surface area contributed by atoms with Gasteiger partial charge in [0, 0.05) is 24.8 Å². The lowest BCUT2D eigenvalue weighted by molar-refractivity contribution is 0.0296. The van der Waals surface area contributed by atoms with Crippen molar-refractivity contribution >= 4 is 5.82 Å². The number of rotatable bonds is 5. The van der Waals surface area contributed by atoms with Crippen molar-refractivity contribution in [2.45, 2.75) is 64.8 Å². The Morgan fingerprint density at radius 2 is 2.19 bits per heavy atom. The molecule has 2 aliphatic rings. The van der Waals surface area contributed by atoms with Gasteiger partial charge in [-0.05, 0) is 44.7 Å². The van der Waals surface area contributed by atoms with Crippen LogP contribution in [-0.4, -0.2) is 36.3 Å². The van der Waals surface area contributed by atoms with Gasteiger partial charge in [0.25, 0.3) is 0 Å². The molecule has 1 aliphatic heterocycles. The quantitative estimate of drug-likeness (QED) is 0.904. The maximum Gasteiger partial charge on any atom is 0.129 e. The maximum atomic E-state index is 5.78. The Balaban J connectivity index is 1.72. The molecule has 1 aromatic rings. The van der Waals surface area contributed by atoms with Gasteiger partial charge < -0.3 is 15.0 Å². The first kappa shape index (κ1) is 14.8. The van der Waals surface area contributed by atoms with E-state index >= 15 is 0 Å². The molecule has 2 unspecified atom stereocenters. The lowest BCUT2D eigenvalue weighted by Gasteiger charge is -2.39. The van der Waals surface area contributed by atoms with E-state index in [1.807, 2.05) is 0 Å². The van der Waals surface area contributed by atoms with Crippen LogP contribution in [0.2, 0.25) is 0 Å². The summed E-state index contributed by atoms with van der Waals surface area (Å²) in [5, 5.41) is 3.57. The van der Waals surface area contributed by atoms with Crippen molar-refractivity contribution in [3.05, 3.63) is 23.4 Å². The monoisotopic (exact) mass is 289 g/mol. The number of nitrogens with one attached hydrogen (secondary N) is 1. The lowest BCUT2D eigenvalue weighted by Crippen LogP contribution is -2.49. The van der Waals surface area contributed by atoms with E-state index in [2.05, 4.69) is 43.1 Å². The average Bonchev–Trinajstić information content (AvgIpc) is 3.30. The van der Waals surface area contributed by atoms with Crippen molar-refractivity contribution in [2.24, 2.45) is 0 Å². The summed E-state index contributed by atoms with van der Waals surface area (Å²) in [5.41, 5.74) is 2.47. The predicted molar refractivity (Wildman–Crippen MR) is 85.7 cm³/mol. The van der Waals surface area contributed by atoms with Gasteiger partial charge >= 0.3 is 0 Å². The summed E-state index contributed by atoms with van der Waals surface area (Å²) in [6, 6.07) is 5.61. The van der Waals surface area contributed by atoms with Crippen LogP contribution in [0.1, 0.15) is 44.4 Å². The van der Waals surface area contributed by atoms with E-state index in [1.165, 1.54) is 18.4 Å². The molecule has 0 spiro atoms. The molecule has 2 heterocycles. The number of morpholine rings is 1. The molecule has 1 N–H and O–H groups in total. The Morgan fingerprint density at radius 1 is 1.38 bits per heavy atom. The maximum absolute atomic E-state index is 5.78. The topological polar surface area (TPSA) is 37.4 Å². The van der Waals surface area contributed by atoms with Crippen LogP contribution in [-0.2, 0) is 11.3 Å². The molecule has 1 aliphatic carbocycles. The van der Waals surface area contributed by atoms with Gasteiger partial charge in [-0.3, -0.25) is 0 Å². The van der Waals surface area contributed by atoms with Crippen molar-refractivity contribution < 1.29 is 4.74 Å². The highest BCUT2D eigenvalue weighted by atomic mass is 16.5. The molecule has 2 fully saturated rings. The second-order valence-electron chi connectivity index (χ2n) is 6.43. The van der Waals surface area contributed by atoms with E-state index in [1.54, 1.807) is 0 Å². The summed E-state index contributed by atoms with van der Waals surface area (Å²) < 4.78 is 5.78. The number of aromatic nitrogens is 1. The van der Waals surface area contributed by atoms with E-state index < -0.39 is 0 Å². The zero-order chi connectivity index (χ0) is 14.8. The molecule has 4 heteroatoms. The van der Waals surface area contributed by atoms with Gasteiger partial charge in [-0.25, -0.2) is 4.98 Å². The van der Waals surface area contributed by atoms with E-state index in [0.29, 0.717) is 6.04 Å². The minimum Gasteiger partial charge on any atom is -0.375 e. The number of pyridine rings is 1. The largest absolute Gasteiger partial charge is 0.375 e. The lowest BCUT2D eigenvalue weighted by atomic mass is 10.1. The average molecular weight is 289 g/mol. The summed E-state index contributed by atoms with van der Waals surface area (Å²) in [5.74, 6) is 1.10. The highest BCUT2D eigenvalue weighted by molar-refractivity contribution is 5.43. The molecule has 3 rings (SSSR count). The third kappa shape index (κ3) is 3.55. The molecule has 0 bridgehead atoms. The fourth-order valence-electron chi connectivity index (χ4n) is 2.93. The van der Waals surface area contributed by atoms with Crippen LogP contribution in [0.15, 0.2) is 12.1 Å². The Morgan fingerprint density at radius 3 is 2.86 bits per heavy atom. The van der Waals surface area contributed by atoms with Gasteiger partial charge in [-0.1, -0.05) is 13.0 Å². The molecule has 1 saturated heterocycles. The molecule has 1 aromatic heterocycles. The van der Waals surface area contributed by atoms with Crippen molar-refractivity contribution in [3.8, 4) is 0 Å². The zero-order valence-electron chi connectivity index (χ0n) is 13.4. The first-order valence-corrected chi connectivity index (χ1v) is 8.25. The number of ether oxygens (including phenoxy) is 1. The molecule has 116 valence electrons. The summed E-state index contributed by atoms with van der Waals surface area (Å²) in [7, 11) is 0. The normalized spacial score (nSPS) is 26.1. The molecule has 1 saturated carbocycles. The molecule has 21 heavy (non-hydrogen) atoms.